The average molecular weight is 257 g/mol. The first-order chi connectivity index (χ1) is 8.13. The third-order valence-electron chi connectivity index (χ3n) is 2.18. The van der Waals surface area contributed by atoms with E-state index in [2.05, 4.69) is 5.10 Å². The van der Waals surface area contributed by atoms with E-state index in [0.717, 1.165) is 17.2 Å². The van der Waals surface area contributed by atoms with Gasteiger partial charge in [-0.1, -0.05) is 0 Å². The Bertz CT molecular complexity index is 354. The molecule has 0 aliphatic carbocycles. The second kappa shape index (κ2) is 7.34. The summed E-state index contributed by atoms with van der Waals surface area (Å²) < 4.78 is 6.61. The van der Waals surface area contributed by atoms with E-state index in [4.69, 9.17) is 10.5 Å². The SMILES string of the molecule is CCOC(=O)C(N)CCSCc1ccn(C)n1. The second-order valence-electron chi connectivity index (χ2n) is 3.68. The molecule has 1 aromatic heterocycles. The molecule has 0 spiro atoms. The first-order valence-electron chi connectivity index (χ1n) is 5.62. The topological polar surface area (TPSA) is 70.1 Å². The van der Waals surface area contributed by atoms with Gasteiger partial charge in [-0.3, -0.25) is 9.48 Å². The van der Waals surface area contributed by atoms with Gasteiger partial charge < -0.3 is 10.5 Å². The molecular formula is C11H19N3O2S. The maximum atomic E-state index is 11.2. The number of aromatic nitrogens is 2. The van der Waals surface area contributed by atoms with Gasteiger partial charge in [0.1, 0.15) is 6.04 Å². The van der Waals surface area contributed by atoms with E-state index in [0.29, 0.717) is 13.0 Å². The van der Waals surface area contributed by atoms with Crippen LogP contribution in [0.5, 0.6) is 0 Å². The van der Waals surface area contributed by atoms with Crippen LogP contribution in [-0.4, -0.2) is 34.2 Å². The third-order valence-corrected chi connectivity index (χ3v) is 3.21. The van der Waals surface area contributed by atoms with Crippen molar-refractivity contribution in [2.75, 3.05) is 12.4 Å². The third kappa shape index (κ3) is 5.23. The van der Waals surface area contributed by atoms with Crippen molar-refractivity contribution in [1.82, 2.24) is 9.78 Å². The lowest BCUT2D eigenvalue weighted by Gasteiger charge is -2.09. The van der Waals surface area contributed by atoms with E-state index in [-0.39, 0.29) is 5.97 Å². The summed E-state index contributed by atoms with van der Waals surface area (Å²) in [6.07, 6.45) is 2.55. The molecule has 1 atom stereocenters. The summed E-state index contributed by atoms with van der Waals surface area (Å²) in [7, 11) is 1.89. The summed E-state index contributed by atoms with van der Waals surface area (Å²) in [6.45, 7) is 2.16. The minimum Gasteiger partial charge on any atom is -0.465 e. The number of carbonyl (C=O) groups is 1. The minimum absolute atomic E-state index is 0.314. The number of nitrogens with zero attached hydrogens (tertiary/aromatic N) is 2. The van der Waals surface area contributed by atoms with Crippen LogP contribution in [0.2, 0.25) is 0 Å². The molecule has 0 amide bonds. The van der Waals surface area contributed by atoms with Gasteiger partial charge in [0.05, 0.1) is 12.3 Å². The number of carbonyl (C=O) groups excluding carboxylic acids is 1. The Hall–Kier alpha value is -1.01. The first-order valence-corrected chi connectivity index (χ1v) is 6.77. The normalized spacial score (nSPS) is 12.4. The van der Waals surface area contributed by atoms with Crippen molar-refractivity contribution >= 4 is 17.7 Å². The molecule has 2 N–H and O–H groups in total. The van der Waals surface area contributed by atoms with Crippen molar-refractivity contribution in [2.45, 2.75) is 25.1 Å². The van der Waals surface area contributed by atoms with Crippen molar-refractivity contribution in [3.63, 3.8) is 0 Å². The lowest BCUT2D eigenvalue weighted by atomic mass is 10.2. The van der Waals surface area contributed by atoms with Gasteiger partial charge in [-0.05, 0) is 25.2 Å². The number of aryl methyl sites for hydroxylation is 1. The summed E-state index contributed by atoms with van der Waals surface area (Å²) in [6, 6.07) is 1.48. The molecule has 1 rings (SSSR count). The molecule has 6 heteroatoms. The molecule has 0 fully saturated rings. The molecule has 96 valence electrons. The summed E-state index contributed by atoms with van der Waals surface area (Å²) in [5.74, 6) is 1.36. The van der Waals surface area contributed by atoms with E-state index >= 15 is 0 Å². The van der Waals surface area contributed by atoms with Crippen LogP contribution in [0.25, 0.3) is 0 Å². The molecule has 1 heterocycles. The molecule has 0 saturated carbocycles. The van der Waals surface area contributed by atoms with Crippen molar-refractivity contribution in [1.29, 1.82) is 0 Å². The molecule has 0 radical (unpaired) electrons. The van der Waals surface area contributed by atoms with Crippen LogP contribution >= 0.6 is 11.8 Å². The van der Waals surface area contributed by atoms with Gasteiger partial charge in [0.2, 0.25) is 0 Å². The van der Waals surface area contributed by atoms with Crippen LogP contribution in [0.3, 0.4) is 0 Å². The van der Waals surface area contributed by atoms with E-state index in [9.17, 15) is 4.79 Å². The fourth-order valence-corrected chi connectivity index (χ4v) is 2.22. The smallest absolute Gasteiger partial charge is 0.322 e. The van der Waals surface area contributed by atoms with Crippen molar-refractivity contribution < 1.29 is 9.53 Å². The first kappa shape index (κ1) is 14.1. The van der Waals surface area contributed by atoms with Crippen LogP contribution < -0.4 is 5.73 Å². The van der Waals surface area contributed by atoms with E-state index in [1.165, 1.54) is 0 Å². The largest absolute Gasteiger partial charge is 0.465 e. The maximum Gasteiger partial charge on any atom is 0.322 e. The molecule has 0 aliphatic rings. The second-order valence-corrected chi connectivity index (χ2v) is 4.79. The predicted molar refractivity (Wildman–Crippen MR) is 68.6 cm³/mol. The summed E-state index contributed by atoms with van der Waals surface area (Å²) in [5, 5.41) is 4.26. The van der Waals surface area contributed by atoms with Gasteiger partial charge in [-0.2, -0.15) is 16.9 Å². The molecule has 1 unspecified atom stereocenters. The molecule has 0 saturated heterocycles. The van der Waals surface area contributed by atoms with Crippen molar-refractivity contribution in [2.24, 2.45) is 12.8 Å². The number of ether oxygens (including phenoxy) is 1. The Morgan fingerprint density at radius 3 is 3.06 bits per heavy atom. The molecular weight excluding hydrogens is 238 g/mol. The standard InChI is InChI=1S/C11H19N3O2S/c1-3-16-11(15)10(12)5-7-17-8-9-4-6-14(2)13-9/h4,6,10H,3,5,7-8,12H2,1-2H3. The average Bonchev–Trinajstić information content (AvgIpc) is 2.70. The predicted octanol–water partition coefficient (Wildman–Crippen LogP) is 0.934. The van der Waals surface area contributed by atoms with Gasteiger partial charge in [-0.25, -0.2) is 0 Å². The number of rotatable bonds is 7. The van der Waals surface area contributed by atoms with Crippen LogP contribution in [-0.2, 0) is 22.3 Å². The number of hydrogen-bond acceptors (Lipinski definition) is 5. The number of esters is 1. The molecule has 17 heavy (non-hydrogen) atoms. The Morgan fingerprint density at radius 2 is 2.47 bits per heavy atom. The van der Waals surface area contributed by atoms with Gasteiger partial charge in [0.25, 0.3) is 0 Å². The van der Waals surface area contributed by atoms with E-state index in [1.807, 2.05) is 19.3 Å². The summed E-state index contributed by atoms with van der Waals surface area (Å²) in [5.41, 5.74) is 6.72. The zero-order valence-electron chi connectivity index (χ0n) is 10.3. The molecule has 1 aromatic rings. The Kier molecular flexibility index (Phi) is 6.07. The zero-order chi connectivity index (χ0) is 12.7. The summed E-state index contributed by atoms with van der Waals surface area (Å²) >= 11 is 1.72. The molecule has 0 aromatic carbocycles. The maximum absolute atomic E-state index is 11.2. The van der Waals surface area contributed by atoms with Crippen LogP contribution in [0.4, 0.5) is 0 Å². The monoisotopic (exact) mass is 257 g/mol. The zero-order valence-corrected chi connectivity index (χ0v) is 11.1. The van der Waals surface area contributed by atoms with E-state index in [1.54, 1.807) is 23.4 Å². The molecule has 0 bridgehead atoms. The molecule has 0 aliphatic heterocycles. The Morgan fingerprint density at radius 1 is 1.71 bits per heavy atom. The quantitative estimate of drug-likeness (QED) is 0.581. The highest BCUT2D eigenvalue weighted by Crippen LogP contribution is 2.11. The van der Waals surface area contributed by atoms with Crippen LogP contribution in [0, 0.1) is 0 Å². The molecule has 5 nitrogen and oxygen atoms in total. The number of thioether (sulfide) groups is 1. The van der Waals surface area contributed by atoms with Gasteiger partial charge in [0, 0.05) is 19.0 Å². The highest BCUT2D eigenvalue weighted by atomic mass is 32.2. The highest BCUT2D eigenvalue weighted by molar-refractivity contribution is 7.98. The van der Waals surface area contributed by atoms with Gasteiger partial charge in [0.15, 0.2) is 0 Å². The Labute approximate surface area is 106 Å². The lowest BCUT2D eigenvalue weighted by molar-refractivity contribution is -0.144. The highest BCUT2D eigenvalue weighted by Gasteiger charge is 2.13. The van der Waals surface area contributed by atoms with Gasteiger partial charge in [-0.15, -0.1) is 0 Å². The minimum atomic E-state index is -0.508. The fraction of sp³-hybridized carbons (Fsp3) is 0.636. The summed E-state index contributed by atoms with van der Waals surface area (Å²) in [4.78, 5) is 11.2. The lowest BCUT2D eigenvalue weighted by Crippen LogP contribution is -2.32. The van der Waals surface area contributed by atoms with Crippen LogP contribution in [0.15, 0.2) is 12.3 Å². The van der Waals surface area contributed by atoms with Crippen LogP contribution in [0.1, 0.15) is 19.0 Å². The fourth-order valence-electron chi connectivity index (χ4n) is 1.29. The Balaban J connectivity index is 2.13. The van der Waals surface area contributed by atoms with Crippen molar-refractivity contribution in [3.8, 4) is 0 Å². The number of hydrogen-bond donors (Lipinski definition) is 1. The van der Waals surface area contributed by atoms with Crippen molar-refractivity contribution in [3.05, 3.63) is 18.0 Å². The number of nitrogens with two attached hydrogens (primary N) is 1. The van der Waals surface area contributed by atoms with E-state index < -0.39 is 6.04 Å². The van der Waals surface area contributed by atoms with Gasteiger partial charge >= 0.3 is 5.97 Å².